The normalized spacial score (nSPS) is 12.5. The number of aromatic nitrogens is 1. The highest BCUT2D eigenvalue weighted by Gasteiger charge is 2.08. The van der Waals surface area contributed by atoms with E-state index in [9.17, 15) is 9.90 Å². The highest BCUT2D eigenvalue weighted by molar-refractivity contribution is 5.51. The van der Waals surface area contributed by atoms with Crippen LogP contribution in [0.15, 0.2) is 18.5 Å². The molecule has 12 heavy (non-hydrogen) atoms. The lowest BCUT2D eigenvalue weighted by atomic mass is 10.0. The molecule has 0 spiro atoms. The fraction of sp³-hybridized carbons (Fsp3) is 0.333. The zero-order valence-corrected chi connectivity index (χ0v) is 6.90. The number of nitrogens with zero attached hydrogens (tertiary/aromatic N) is 1. The van der Waals surface area contributed by atoms with Crippen LogP contribution in [0.5, 0.6) is 0 Å². The van der Waals surface area contributed by atoms with E-state index in [1.54, 1.807) is 12.4 Å². The Morgan fingerprint density at radius 3 is 3.08 bits per heavy atom. The molecule has 0 aromatic carbocycles. The van der Waals surface area contributed by atoms with Gasteiger partial charge in [-0.2, -0.15) is 0 Å². The fourth-order valence-corrected chi connectivity index (χ4v) is 1.04. The number of hydrogen-bond donors (Lipinski definition) is 1. The van der Waals surface area contributed by atoms with Crippen LogP contribution >= 0.6 is 0 Å². The summed E-state index contributed by atoms with van der Waals surface area (Å²) >= 11 is 0. The van der Waals surface area contributed by atoms with Gasteiger partial charge in [0.05, 0.1) is 6.10 Å². The summed E-state index contributed by atoms with van der Waals surface area (Å²) in [5, 5.41) is 9.43. The first-order valence-corrected chi connectivity index (χ1v) is 3.78. The van der Waals surface area contributed by atoms with Gasteiger partial charge >= 0.3 is 0 Å². The molecule has 1 aromatic heterocycles. The zero-order valence-electron chi connectivity index (χ0n) is 6.90. The molecule has 1 N–H and O–H groups in total. The van der Waals surface area contributed by atoms with E-state index in [0.29, 0.717) is 6.29 Å². The van der Waals surface area contributed by atoms with Gasteiger partial charge in [-0.3, -0.25) is 4.98 Å². The van der Waals surface area contributed by atoms with Gasteiger partial charge in [-0.1, -0.05) is 0 Å². The van der Waals surface area contributed by atoms with Gasteiger partial charge in [0.2, 0.25) is 0 Å². The highest BCUT2D eigenvalue weighted by atomic mass is 16.3. The molecule has 1 aromatic rings. The number of aliphatic hydroxyl groups is 1. The van der Waals surface area contributed by atoms with Crippen molar-refractivity contribution in [2.24, 2.45) is 0 Å². The standard InChI is InChI=1S/C9H11NO2/c1-7-2-4-10-6-8(7)9(12)3-5-11/h2,4-6,9,12H,3H2,1H3. The first-order valence-electron chi connectivity index (χ1n) is 3.78. The van der Waals surface area contributed by atoms with Crippen molar-refractivity contribution in [1.29, 1.82) is 0 Å². The fourth-order valence-electron chi connectivity index (χ4n) is 1.04. The zero-order chi connectivity index (χ0) is 8.97. The van der Waals surface area contributed by atoms with Gasteiger partial charge in [-0.05, 0) is 18.6 Å². The number of carbonyl (C=O) groups is 1. The molecule has 0 aliphatic heterocycles. The molecule has 0 fully saturated rings. The molecule has 1 heterocycles. The summed E-state index contributed by atoms with van der Waals surface area (Å²) in [4.78, 5) is 14.0. The van der Waals surface area contributed by atoms with Crippen molar-refractivity contribution in [3.05, 3.63) is 29.6 Å². The first kappa shape index (κ1) is 8.87. The van der Waals surface area contributed by atoms with Crippen LogP contribution in [-0.2, 0) is 4.79 Å². The minimum Gasteiger partial charge on any atom is -0.388 e. The Labute approximate surface area is 71.1 Å². The van der Waals surface area contributed by atoms with Crippen molar-refractivity contribution in [3.8, 4) is 0 Å². The molecule has 1 unspecified atom stereocenters. The minimum atomic E-state index is -0.712. The van der Waals surface area contributed by atoms with Gasteiger partial charge in [-0.25, -0.2) is 0 Å². The molecule has 0 saturated carbocycles. The van der Waals surface area contributed by atoms with Crippen LogP contribution in [0.4, 0.5) is 0 Å². The highest BCUT2D eigenvalue weighted by Crippen LogP contribution is 2.17. The van der Waals surface area contributed by atoms with Gasteiger partial charge in [0.25, 0.3) is 0 Å². The molecule has 0 saturated heterocycles. The van der Waals surface area contributed by atoms with Gasteiger partial charge < -0.3 is 9.90 Å². The van der Waals surface area contributed by atoms with E-state index in [0.717, 1.165) is 11.1 Å². The van der Waals surface area contributed by atoms with Crippen LogP contribution in [0.25, 0.3) is 0 Å². The molecule has 1 rings (SSSR count). The number of hydrogen-bond acceptors (Lipinski definition) is 3. The van der Waals surface area contributed by atoms with Gasteiger partial charge in [0, 0.05) is 24.4 Å². The van der Waals surface area contributed by atoms with Crippen LogP contribution < -0.4 is 0 Å². The van der Waals surface area contributed by atoms with E-state index in [-0.39, 0.29) is 6.42 Å². The summed E-state index contributed by atoms with van der Waals surface area (Å²) < 4.78 is 0. The monoisotopic (exact) mass is 165 g/mol. The van der Waals surface area contributed by atoms with Crippen molar-refractivity contribution < 1.29 is 9.90 Å². The summed E-state index contributed by atoms with van der Waals surface area (Å²) in [6.07, 6.45) is 3.37. The third-order valence-corrected chi connectivity index (χ3v) is 1.76. The Morgan fingerprint density at radius 2 is 2.50 bits per heavy atom. The maximum absolute atomic E-state index is 10.1. The summed E-state index contributed by atoms with van der Waals surface area (Å²) in [7, 11) is 0. The van der Waals surface area contributed by atoms with Crippen LogP contribution in [0, 0.1) is 6.92 Å². The van der Waals surface area contributed by atoms with Crippen LogP contribution in [-0.4, -0.2) is 16.4 Å². The lowest BCUT2D eigenvalue weighted by Crippen LogP contribution is -2.00. The second-order valence-corrected chi connectivity index (χ2v) is 2.65. The number of aldehydes is 1. The van der Waals surface area contributed by atoms with Gasteiger partial charge in [0.15, 0.2) is 0 Å². The predicted molar refractivity (Wildman–Crippen MR) is 44.6 cm³/mol. The Morgan fingerprint density at radius 1 is 1.75 bits per heavy atom. The average molecular weight is 165 g/mol. The lowest BCUT2D eigenvalue weighted by molar-refractivity contribution is -0.109. The maximum atomic E-state index is 10.1. The molecular formula is C9H11NO2. The number of pyridine rings is 1. The Bertz CT molecular complexity index is 273. The molecule has 3 heteroatoms. The Kier molecular flexibility index (Phi) is 2.94. The first-order chi connectivity index (χ1) is 5.75. The van der Waals surface area contributed by atoms with E-state index < -0.39 is 6.10 Å². The van der Waals surface area contributed by atoms with Crippen molar-refractivity contribution in [1.82, 2.24) is 4.98 Å². The van der Waals surface area contributed by atoms with E-state index in [1.165, 1.54) is 0 Å². The van der Waals surface area contributed by atoms with Gasteiger partial charge in [-0.15, -0.1) is 0 Å². The lowest BCUT2D eigenvalue weighted by Gasteiger charge is -2.08. The van der Waals surface area contributed by atoms with Gasteiger partial charge in [0.1, 0.15) is 6.29 Å². The van der Waals surface area contributed by atoms with E-state index in [4.69, 9.17) is 0 Å². The number of rotatable bonds is 3. The molecule has 64 valence electrons. The largest absolute Gasteiger partial charge is 0.388 e. The SMILES string of the molecule is Cc1ccncc1C(O)CC=O. The Hall–Kier alpha value is -1.22. The van der Waals surface area contributed by atoms with Crippen molar-refractivity contribution >= 4 is 6.29 Å². The molecule has 1 atom stereocenters. The summed E-state index contributed by atoms with van der Waals surface area (Å²) in [5.74, 6) is 0. The maximum Gasteiger partial charge on any atom is 0.122 e. The van der Waals surface area contributed by atoms with Crippen molar-refractivity contribution in [2.45, 2.75) is 19.4 Å². The molecule has 0 radical (unpaired) electrons. The number of aliphatic hydroxyl groups excluding tert-OH is 1. The Balaban J connectivity index is 2.86. The van der Waals surface area contributed by atoms with E-state index >= 15 is 0 Å². The van der Waals surface area contributed by atoms with Crippen LogP contribution in [0.3, 0.4) is 0 Å². The molecule has 0 aliphatic rings. The third-order valence-electron chi connectivity index (χ3n) is 1.76. The smallest absolute Gasteiger partial charge is 0.122 e. The average Bonchev–Trinajstić information content (AvgIpc) is 2.05. The predicted octanol–water partition coefficient (Wildman–Crippen LogP) is 1.01. The third kappa shape index (κ3) is 1.89. The minimum absolute atomic E-state index is 0.131. The van der Waals surface area contributed by atoms with Crippen molar-refractivity contribution in [2.75, 3.05) is 0 Å². The second-order valence-electron chi connectivity index (χ2n) is 2.65. The van der Waals surface area contributed by atoms with Crippen molar-refractivity contribution in [3.63, 3.8) is 0 Å². The number of carbonyl (C=O) groups excluding carboxylic acids is 1. The molecule has 0 amide bonds. The quantitative estimate of drug-likeness (QED) is 0.680. The molecular weight excluding hydrogens is 154 g/mol. The number of aryl methyl sites for hydroxylation is 1. The molecule has 0 bridgehead atoms. The molecule has 3 nitrogen and oxygen atoms in total. The van der Waals surface area contributed by atoms with Crippen LogP contribution in [0.1, 0.15) is 23.7 Å². The summed E-state index contributed by atoms with van der Waals surface area (Å²) in [5.41, 5.74) is 1.68. The topological polar surface area (TPSA) is 50.2 Å². The van der Waals surface area contributed by atoms with Crippen LogP contribution in [0.2, 0.25) is 0 Å². The van der Waals surface area contributed by atoms with E-state index in [2.05, 4.69) is 4.98 Å². The summed E-state index contributed by atoms with van der Waals surface area (Å²) in [6.45, 7) is 1.88. The summed E-state index contributed by atoms with van der Waals surface area (Å²) in [6, 6.07) is 1.81. The van der Waals surface area contributed by atoms with E-state index in [1.807, 2.05) is 13.0 Å². The molecule has 0 aliphatic carbocycles. The second kappa shape index (κ2) is 3.97.